The fourth-order valence-corrected chi connectivity index (χ4v) is 1.19. The highest BCUT2D eigenvalue weighted by molar-refractivity contribution is 6.08. The molecular formula is C7H10BN3O. The number of imidazole rings is 1. The van der Waals surface area contributed by atoms with E-state index in [1.165, 1.54) is 0 Å². The van der Waals surface area contributed by atoms with Crippen molar-refractivity contribution in [2.45, 2.75) is 19.7 Å². The van der Waals surface area contributed by atoms with Crippen LogP contribution in [-0.2, 0) is 19.8 Å². The van der Waals surface area contributed by atoms with Crippen LogP contribution >= 0.6 is 0 Å². The fraction of sp³-hybridized carbons (Fsp3) is 0.571. The van der Waals surface area contributed by atoms with E-state index in [2.05, 4.69) is 10.2 Å². The summed E-state index contributed by atoms with van der Waals surface area (Å²) in [5.41, 5.74) is 0.696. The molecule has 0 aromatic carbocycles. The fourth-order valence-electron chi connectivity index (χ4n) is 1.19. The highest BCUT2D eigenvalue weighted by Gasteiger charge is 2.11. The Morgan fingerprint density at radius 3 is 2.67 bits per heavy atom. The van der Waals surface area contributed by atoms with Crippen molar-refractivity contribution >= 4 is 13.7 Å². The van der Waals surface area contributed by atoms with Gasteiger partial charge < -0.3 is 4.57 Å². The van der Waals surface area contributed by atoms with Crippen LogP contribution in [0.2, 0.25) is 0 Å². The van der Waals surface area contributed by atoms with Crippen molar-refractivity contribution in [1.82, 2.24) is 9.55 Å². The van der Waals surface area contributed by atoms with Crippen LogP contribution in [0.4, 0.5) is 5.82 Å². The van der Waals surface area contributed by atoms with Crippen molar-refractivity contribution in [3.63, 3.8) is 0 Å². The van der Waals surface area contributed by atoms with Crippen LogP contribution in [0.25, 0.3) is 0 Å². The molecule has 12 heavy (non-hydrogen) atoms. The van der Waals surface area contributed by atoms with Crippen LogP contribution in [-0.4, -0.2) is 17.4 Å². The van der Waals surface area contributed by atoms with Crippen LogP contribution in [0.15, 0.2) is 5.18 Å². The summed E-state index contributed by atoms with van der Waals surface area (Å²) in [6.45, 7) is 1.97. The lowest BCUT2D eigenvalue weighted by Crippen LogP contribution is -2.00. The predicted molar refractivity (Wildman–Crippen MR) is 47.5 cm³/mol. The number of hydrogen-bond donors (Lipinski definition) is 0. The van der Waals surface area contributed by atoms with Crippen molar-refractivity contribution in [1.29, 1.82) is 0 Å². The van der Waals surface area contributed by atoms with E-state index in [-0.39, 0.29) is 5.82 Å². The summed E-state index contributed by atoms with van der Waals surface area (Å²) in [6, 6.07) is 0. The Morgan fingerprint density at radius 2 is 2.33 bits per heavy atom. The van der Waals surface area contributed by atoms with Gasteiger partial charge >= 0.3 is 0 Å². The lowest BCUT2D eigenvalue weighted by atomic mass is 10.0. The molecule has 1 aromatic heterocycles. The van der Waals surface area contributed by atoms with Gasteiger partial charge in [-0.1, -0.05) is 6.92 Å². The lowest BCUT2D eigenvalue weighted by Gasteiger charge is -2.00. The third-order valence-corrected chi connectivity index (χ3v) is 1.88. The molecule has 0 saturated carbocycles. The van der Waals surface area contributed by atoms with Crippen LogP contribution < -0.4 is 0 Å². The molecule has 62 valence electrons. The minimum atomic E-state index is 0.219. The Kier molecular flexibility index (Phi) is 2.63. The summed E-state index contributed by atoms with van der Waals surface area (Å²) in [7, 11) is 7.27. The Morgan fingerprint density at radius 1 is 1.67 bits per heavy atom. The van der Waals surface area contributed by atoms with Gasteiger partial charge in [-0.2, -0.15) is 0 Å². The van der Waals surface area contributed by atoms with Gasteiger partial charge in [0.25, 0.3) is 0 Å². The quantitative estimate of drug-likeness (QED) is 0.493. The Bertz CT molecular complexity index is 295. The molecule has 1 rings (SSSR count). The summed E-state index contributed by atoms with van der Waals surface area (Å²) in [5, 5.41) is 2.81. The highest BCUT2D eigenvalue weighted by Crippen LogP contribution is 2.18. The molecule has 1 heterocycles. The molecule has 0 N–H and O–H groups in total. The molecule has 0 spiro atoms. The number of nitrogens with zero attached hydrogens (tertiary/aromatic N) is 3. The molecule has 0 bridgehead atoms. The van der Waals surface area contributed by atoms with E-state index in [4.69, 9.17) is 7.85 Å². The smallest absolute Gasteiger partial charge is 0.217 e. The summed E-state index contributed by atoms with van der Waals surface area (Å²) < 4.78 is 1.82. The number of nitroso groups, excluding NO2 is 1. The Hall–Kier alpha value is -1.13. The molecule has 0 aliphatic rings. The average Bonchev–Trinajstić information content (AvgIpc) is 2.41. The maximum atomic E-state index is 10.3. The van der Waals surface area contributed by atoms with Crippen LogP contribution in [0, 0.1) is 4.91 Å². The van der Waals surface area contributed by atoms with Gasteiger partial charge in [0.1, 0.15) is 5.82 Å². The second-order valence-electron chi connectivity index (χ2n) is 2.51. The molecule has 0 unspecified atom stereocenters. The van der Waals surface area contributed by atoms with Crippen molar-refractivity contribution < 1.29 is 0 Å². The molecule has 0 saturated heterocycles. The number of aryl methyl sites for hydroxylation is 1. The molecule has 0 aliphatic carbocycles. The summed E-state index contributed by atoms with van der Waals surface area (Å²) in [6.07, 6.45) is 1.07. The summed E-state index contributed by atoms with van der Waals surface area (Å²) in [4.78, 5) is 14.3. The second kappa shape index (κ2) is 3.52. The zero-order valence-electron chi connectivity index (χ0n) is 7.24. The molecule has 2 radical (unpaired) electrons. The van der Waals surface area contributed by atoms with Crippen molar-refractivity contribution in [2.75, 3.05) is 0 Å². The maximum Gasteiger partial charge on any atom is 0.217 e. The third kappa shape index (κ3) is 1.26. The SMILES string of the molecule is [B]Cc1c(N=O)nc(CC)n1C. The van der Waals surface area contributed by atoms with E-state index >= 15 is 0 Å². The number of aromatic nitrogens is 2. The van der Waals surface area contributed by atoms with E-state index in [1.54, 1.807) is 0 Å². The van der Waals surface area contributed by atoms with Crippen molar-refractivity contribution in [2.24, 2.45) is 12.2 Å². The van der Waals surface area contributed by atoms with Gasteiger partial charge in [0.05, 0.1) is 13.5 Å². The van der Waals surface area contributed by atoms with Crippen LogP contribution in [0.1, 0.15) is 18.4 Å². The molecule has 5 heteroatoms. The molecule has 0 aliphatic heterocycles. The Labute approximate surface area is 72.4 Å². The van der Waals surface area contributed by atoms with Crippen LogP contribution in [0.3, 0.4) is 0 Å². The minimum Gasteiger partial charge on any atom is -0.334 e. The molecule has 0 atom stereocenters. The topological polar surface area (TPSA) is 47.2 Å². The van der Waals surface area contributed by atoms with Gasteiger partial charge in [-0.15, -0.1) is 4.91 Å². The van der Waals surface area contributed by atoms with E-state index < -0.39 is 0 Å². The molecule has 1 aromatic rings. The van der Waals surface area contributed by atoms with E-state index in [1.807, 2.05) is 18.5 Å². The zero-order chi connectivity index (χ0) is 9.14. The Balaban J connectivity index is 3.22. The van der Waals surface area contributed by atoms with Gasteiger partial charge in [0.15, 0.2) is 0 Å². The number of hydrogen-bond acceptors (Lipinski definition) is 3. The standard InChI is InChI=1S/C7H10BN3O/c1-3-6-9-7(10-12)5(4-8)11(6)2/h3-4H2,1-2H3. The van der Waals surface area contributed by atoms with E-state index in [9.17, 15) is 4.91 Å². The largest absolute Gasteiger partial charge is 0.334 e. The van der Waals surface area contributed by atoms with Gasteiger partial charge in [-0.25, -0.2) is 4.98 Å². The maximum absolute atomic E-state index is 10.3. The van der Waals surface area contributed by atoms with Crippen LogP contribution in [0.5, 0.6) is 0 Å². The molecule has 0 amide bonds. The van der Waals surface area contributed by atoms with Crippen molar-refractivity contribution in [3.8, 4) is 0 Å². The normalized spacial score (nSPS) is 10.2. The molecular weight excluding hydrogens is 153 g/mol. The van der Waals surface area contributed by atoms with E-state index in [0.717, 1.165) is 12.2 Å². The summed E-state index contributed by atoms with van der Waals surface area (Å²) in [5.74, 6) is 1.06. The molecule has 4 nitrogen and oxygen atoms in total. The van der Waals surface area contributed by atoms with Gasteiger partial charge in [0.2, 0.25) is 5.82 Å². The zero-order valence-corrected chi connectivity index (χ0v) is 7.24. The first-order valence-electron chi connectivity index (χ1n) is 3.82. The third-order valence-electron chi connectivity index (χ3n) is 1.88. The van der Waals surface area contributed by atoms with Gasteiger partial charge in [0, 0.05) is 13.5 Å². The number of rotatable bonds is 3. The van der Waals surface area contributed by atoms with Gasteiger partial charge in [-0.05, 0) is 11.5 Å². The first kappa shape index (κ1) is 8.97. The van der Waals surface area contributed by atoms with Crippen molar-refractivity contribution in [3.05, 3.63) is 16.4 Å². The average molecular weight is 163 g/mol. The molecule has 0 fully saturated rings. The first-order chi connectivity index (χ1) is 5.74. The predicted octanol–water partition coefficient (Wildman–Crippen LogP) is 1.05. The lowest BCUT2D eigenvalue weighted by molar-refractivity contribution is 0.781. The highest BCUT2D eigenvalue weighted by atomic mass is 16.3. The first-order valence-corrected chi connectivity index (χ1v) is 3.82. The van der Waals surface area contributed by atoms with E-state index in [0.29, 0.717) is 12.0 Å². The summed E-state index contributed by atoms with van der Waals surface area (Å²) >= 11 is 0. The monoisotopic (exact) mass is 163 g/mol. The minimum absolute atomic E-state index is 0.219. The second-order valence-corrected chi connectivity index (χ2v) is 2.51. The van der Waals surface area contributed by atoms with Gasteiger partial charge in [-0.3, -0.25) is 0 Å².